The number of halogens is 4. The highest BCUT2D eigenvalue weighted by atomic mass is 32.2. The maximum Gasteiger partial charge on any atom is 0.422 e. The fraction of sp³-hybridized carbons (Fsp3) is 0.435. The summed E-state index contributed by atoms with van der Waals surface area (Å²) in [5.41, 5.74) is 6.07. The van der Waals surface area contributed by atoms with Crippen molar-refractivity contribution in [3.8, 4) is 5.75 Å². The number of carbonyl (C=O) groups is 1. The number of hydrogen-bond donors (Lipinski definition) is 2. The van der Waals surface area contributed by atoms with Gasteiger partial charge in [-0.05, 0) is 50.1 Å². The molecule has 1 unspecified atom stereocenters. The zero-order chi connectivity index (χ0) is 25.6. The van der Waals surface area contributed by atoms with Crippen molar-refractivity contribution < 1.29 is 31.8 Å². The zero-order valence-corrected chi connectivity index (χ0v) is 20.0. The number of nitrogens with one attached hydrogen (secondary N) is 1. The van der Waals surface area contributed by atoms with Crippen LogP contribution in [0.4, 0.5) is 23.2 Å². The molecule has 0 saturated heterocycles. The number of aryl methyl sites for hydroxylation is 1. The van der Waals surface area contributed by atoms with E-state index in [0.29, 0.717) is 28.6 Å². The van der Waals surface area contributed by atoms with Crippen molar-refractivity contribution in [1.82, 2.24) is 4.98 Å². The molecule has 35 heavy (non-hydrogen) atoms. The van der Waals surface area contributed by atoms with E-state index in [1.807, 2.05) is 6.92 Å². The third-order valence-corrected chi connectivity index (χ3v) is 7.46. The summed E-state index contributed by atoms with van der Waals surface area (Å²) >= 11 is 1.44. The highest BCUT2D eigenvalue weighted by Gasteiger charge is 2.66. The molecule has 0 spiro atoms. The summed E-state index contributed by atoms with van der Waals surface area (Å²) in [5.74, 6) is -1.19. The van der Waals surface area contributed by atoms with Crippen molar-refractivity contribution in [2.24, 2.45) is 16.6 Å². The number of nitrogens with two attached hydrogens (primary N) is 1. The number of nitrogens with zero attached hydrogens (tertiary/aromatic N) is 2. The van der Waals surface area contributed by atoms with Crippen molar-refractivity contribution in [3.05, 3.63) is 53.1 Å². The number of ether oxygens (including phenoxy) is 2. The van der Waals surface area contributed by atoms with Crippen LogP contribution in [0.25, 0.3) is 0 Å². The van der Waals surface area contributed by atoms with Crippen LogP contribution in [-0.4, -0.2) is 47.3 Å². The normalized spacial score (nSPS) is 25.5. The van der Waals surface area contributed by atoms with Gasteiger partial charge in [-0.1, -0.05) is 11.8 Å². The molecule has 188 valence electrons. The third-order valence-electron chi connectivity index (χ3n) is 6.18. The van der Waals surface area contributed by atoms with Crippen molar-refractivity contribution >= 4 is 28.5 Å². The molecule has 1 aliphatic heterocycles. The molecule has 2 aliphatic rings. The Kier molecular flexibility index (Phi) is 6.47. The van der Waals surface area contributed by atoms with Gasteiger partial charge in [0.15, 0.2) is 11.8 Å². The van der Waals surface area contributed by atoms with Crippen LogP contribution in [0.15, 0.2) is 35.5 Å². The summed E-state index contributed by atoms with van der Waals surface area (Å²) < 4.78 is 61.8. The van der Waals surface area contributed by atoms with Gasteiger partial charge in [0.05, 0.1) is 23.1 Å². The van der Waals surface area contributed by atoms with Gasteiger partial charge in [-0.2, -0.15) is 13.2 Å². The number of rotatable bonds is 7. The molecule has 4 rings (SSSR count). The number of pyridine rings is 1. The summed E-state index contributed by atoms with van der Waals surface area (Å²) in [4.78, 5) is 21.3. The molecule has 1 amide bonds. The number of alkyl halides is 3. The van der Waals surface area contributed by atoms with Gasteiger partial charge in [-0.25, -0.2) is 9.37 Å². The van der Waals surface area contributed by atoms with Crippen LogP contribution in [0.5, 0.6) is 5.75 Å². The lowest BCUT2D eigenvalue weighted by molar-refractivity contribution is -0.153. The van der Waals surface area contributed by atoms with Gasteiger partial charge in [0.2, 0.25) is 0 Å². The lowest BCUT2D eigenvalue weighted by atomic mass is 9.85. The van der Waals surface area contributed by atoms with Gasteiger partial charge in [0.25, 0.3) is 5.91 Å². The van der Waals surface area contributed by atoms with E-state index < -0.39 is 30.0 Å². The maximum atomic E-state index is 15.0. The van der Waals surface area contributed by atoms with Gasteiger partial charge >= 0.3 is 6.18 Å². The number of anilines is 1. The number of benzene rings is 1. The van der Waals surface area contributed by atoms with E-state index in [1.165, 1.54) is 43.0 Å². The number of methoxy groups -OCH3 is 1. The SMILES string of the molecule is COC[C@]12CC1[C@@](C)(c1cc(NC(=O)c3ncc(OCC(F)(F)F)cc3C)ccc1F)N=C(N)S2. The number of hydrogen-bond acceptors (Lipinski definition) is 7. The van der Waals surface area contributed by atoms with Crippen LogP contribution in [0.2, 0.25) is 0 Å². The number of amidine groups is 1. The first kappa shape index (κ1) is 25.2. The van der Waals surface area contributed by atoms with E-state index >= 15 is 0 Å². The predicted molar refractivity (Wildman–Crippen MR) is 124 cm³/mol. The van der Waals surface area contributed by atoms with E-state index in [2.05, 4.69) is 20.0 Å². The van der Waals surface area contributed by atoms with E-state index in [-0.39, 0.29) is 22.1 Å². The van der Waals surface area contributed by atoms with Crippen LogP contribution >= 0.6 is 11.8 Å². The molecule has 1 aromatic carbocycles. The zero-order valence-electron chi connectivity index (χ0n) is 19.2. The Bertz CT molecular complexity index is 1190. The fourth-order valence-electron chi connectivity index (χ4n) is 4.54. The molecular weight excluding hydrogens is 488 g/mol. The topological polar surface area (TPSA) is 98.8 Å². The summed E-state index contributed by atoms with van der Waals surface area (Å²) in [7, 11) is 1.60. The van der Waals surface area contributed by atoms with Gasteiger partial charge in [0.1, 0.15) is 17.3 Å². The second kappa shape index (κ2) is 8.98. The standard InChI is InChI=1S/C23H24F4N4O3S/c1-12-6-14(34-11-23(25,26)27)9-29-18(12)19(32)30-13-4-5-16(24)15(7-13)21(2)17-8-22(17,10-33-3)35-20(28)31-21/h4-7,9,17H,8,10-11H2,1-3H3,(H2,28,31)(H,30,32)/t17?,21-,22-/m1/s1. The number of amides is 1. The van der Waals surface area contributed by atoms with Gasteiger partial charge in [0, 0.05) is 24.3 Å². The Morgan fingerprint density at radius 1 is 1.34 bits per heavy atom. The Balaban J connectivity index is 1.55. The molecule has 1 aliphatic carbocycles. The first-order valence-electron chi connectivity index (χ1n) is 10.7. The predicted octanol–water partition coefficient (Wildman–Crippen LogP) is 4.40. The summed E-state index contributed by atoms with van der Waals surface area (Å²) in [6, 6.07) is 5.48. The number of aromatic nitrogens is 1. The summed E-state index contributed by atoms with van der Waals surface area (Å²) in [5, 5.41) is 3.02. The molecule has 3 atom stereocenters. The van der Waals surface area contributed by atoms with Crippen molar-refractivity contribution in [2.75, 3.05) is 25.6 Å². The lowest BCUT2D eigenvalue weighted by Crippen LogP contribution is -2.37. The largest absolute Gasteiger partial charge is 0.482 e. The number of fused-ring (bicyclic) bond motifs is 1. The van der Waals surface area contributed by atoms with Crippen LogP contribution < -0.4 is 15.8 Å². The molecule has 1 fully saturated rings. The minimum absolute atomic E-state index is 0.000792. The first-order valence-corrected chi connectivity index (χ1v) is 11.5. The molecular formula is C23H24F4N4O3S. The van der Waals surface area contributed by atoms with Crippen LogP contribution in [-0.2, 0) is 10.3 Å². The van der Waals surface area contributed by atoms with E-state index in [1.54, 1.807) is 7.11 Å². The Morgan fingerprint density at radius 2 is 2.09 bits per heavy atom. The Labute approximate surface area is 203 Å². The monoisotopic (exact) mass is 512 g/mol. The highest BCUT2D eigenvalue weighted by Crippen LogP contribution is 2.66. The Hall–Kier alpha value is -2.86. The molecule has 1 aromatic heterocycles. The van der Waals surface area contributed by atoms with Crippen molar-refractivity contribution in [2.45, 2.75) is 36.7 Å². The minimum atomic E-state index is -4.49. The number of carbonyl (C=O) groups excluding carboxylic acids is 1. The average Bonchev–Trinajstić information content (AvgIpc) is 3.48. The van der Waals surface area contributed by atoms with Crippen molar-refractivity contribution in [3.63, 3.8) is 0 Å². The third kappa shape index (κ3) is 5.08. The summed E-state index contributed by atoms with van der Waals surface area (Å²) in [6.07, 6.45) is -2.69. The minimum Gasteiger partial charge on any atom is -0.482 e. The summed E-state index contributed by atoms with van der Waals surface area (Å²) in [6.45, 7) is 2.34. The quantitative estimate of drug-likeness (QED) is 0.534. The number of thioether (sulfide) groups is 1. The first-order chi connectivity index (χ1) is 16.4. The van der Waals surface area contributed by atoms with Gasteiger partial charge < -0.3 is 20.5 Å². The van der Waals surface area contributed by atoms with Crippen LogP contribution in [0.3, 0.4) is 0 Å². The van der Waals surface area contributed by atoms with E-state index in [9.17, 15) is 22.4 Å². The molecule has 1 saturated carbocycles. The molecule has 3 N–H and O–H groups in total. The van der Waals surface area contributed by atoms with Gasteiger partial charge in [-0.3, -0.25) is 9.79 Å². The highest BCUT2D eigenvalue weighted by molar-refractivity contribution is 8.15. The second-order valence-electron chi connectivity index (χ2n) is 8.84. The smallest absolute Gasteiger partial charge is 0.422 e. The molecule has 7 nitrogen and oxygen atoms in total. The van der Waals surface area contributed by atoms with E-state index in [0.717, 1.165) is 12.6 Å². The van der Waals surface area contributed by atoms with E-state index in [4.69, 9.17) is 10.5 Å². The number of aliphatic imine (C=N–C) groups is 1. The second-order valence-corrected chi connectivity index (χ2v) is 10.3. The van der Waals surface area contributed by atoms with Crippen molar-refractivity contribution in [1.29, 1.82) is 0 Å². The molecule has 12 heteroatoms. The van der Waals surface area contributed by atoms with Gasteiger partial charge in [-0.15, -0.1) is 0 Å². The molecule has 2 aromatic rings. The van der Waals surface area contributed by atoms with Crippen LogP contribution in [0, 0.1) is 18.7 Å². The molecule has 2 heterocycles. The fourth-order valence-corrected chi connectivity index (χ4v) is 5.99. The molecule has 0 radical (unpaired) electrons. The maximum absolute atomic E-state index is 15.0. The average molecular weight is 513 g/mol. The van der Waals surface area contributed by atoms with Crippen LogP contribution in [0.1, 0.15) is 35.0 Å². The lowest BCUT2D eigenvalue weighted by Gasteiger charge is -2.34. The Morgan fingerprint density at radius 3 is 2.74 bits per heavy atom. The molecule has 0 bridgehead atoms.